The summed E-state index contributed by atoms with van der Waals surface area (Å²) in [6.45, 7) is 0. The average Bonchev–Trinajstić information content (AvgIpc) is 3.14. The fourth-order valence-corrected chi connectivity index (χ4v) is 3.73. The molecule has 0 fully saturated rings. The van der Waals surface area contributed by atoms with Gasteiger partial charge in [-0.2, -0.15) is 0 Å². The lowest BCUT2D eigenvalue weighted by atomic mass is 10.1. The zero-order valence-corrected chi connectivity index (χ0v) is 14.6. The maximum absolute atomic E-state index is 11.8. The van der Waals surface area contributed by atoms with E-state index in [0.29, 0.717) is 4.88 Å². The van der Waals surface area contributed by atoms with Gasteiger partial charge in [0.25, 0.3) is 5.91 Å². The van der Waals surface area contributed by atoms with Gasteiger partial charge in [-0.1, -0.05) is 42.5 Å². The summed E-state index contributed by atoms with van der Waals surface area (Å²) in [5.74, 6) is 4.92. The van der Waals surface area contributed by atoms with Crippen LogP contribution in [0.5, 0.6) is 0 Å². The van der Waals surface area contributed by atoms with E-state index in [1.54, 1.807) is 12.4 Å². The van der Waals surface area contributed by atoms with E-state index in [1.807, 2.05) is 36.4 Å². The van der Waals surface area contributed by atoms with E-state index in [-0.39, 0.29) is 5.91 Å². The van der Waals surface area contributed by atoms with E-state index >= 15 is 0 Å². The second-order valence-electron chi connectivity index (χ2n) is 5.75. The van der Waals surface area contributed by atoms with Crippen LogP contribution >= 0.6 is 11.3 Å². The van der Waals surface area contributed by atoms with Crippen molar-refractivity contribution in [2.45, 2.75) is 0 Å². The highest BCUT2D eigenvalue weighted by Crippen LogP contribution is 2.32. The van der Waals surface area contributed by atoms with Gasteiger partial charge in [-0.15, -0.1) is 11.3 Å². The Kier molecular flexibility index (Phi) is 4.35. The first kappa shape index (κ1) is 16.3. The minimum Gasteiger partial charge on any atom is -0.354 e. The number of pyridine rings is 1. The molecule has 5 nitrogen and oxygen atoms in total. The van der Waals surface area contributed by atoms with Crippen molar-refractivity contribution in [2.24, 2.45) is 5.84 Å². The third kappa shape index (κ3) is 3.15. The van der Waals surface area contributed by atoms with Gasteiger partial charge in [0.15, 0.2) is 0 Å². The molecule has 0 aliphatic carbocycles. The number of aromatic nitrogens is 1. The summed E-state index contributed by atoms with van der Waals surface area (Å²) in [4.78, 5) is 16.6. The van der Waals surface area contributed by atoms with Crippen LogP contribution in [0.1, 0.15) is 9.67 Å². The van der Waals surface area contributed by atoms with Crippen LogP contribution < -0.4 is 16.6 Å². The molecule has 4 rings (SSSR count). The first-order chi connectivity index (χ1) is 12.7. The summed E-state index contributed by atoms with van der Waals surface area (Å²) >= 11 is 1.36. The van der Waals surface area contributed by atoms with Crippen molar-refractivity contribution >= 4 is 38.7 Å². The minimum absolute atomic E-state index is 0.302. The fourth-order valence-electron chi connectivity index (χ4n) is 2.78. The van der Waals surface area contributed by atoms with Crippen molar-refractivity contribution in [2.75, 3.05) is 5.32 Å². The number of anilines is 2. The summed E-state index contributed by atoms with van der Waals surface area (Å²) < 4.78 is 0.925. The topological polar surface area (TPSA) is 80.0 Å². The molecule has 2 heterocycles. The number of rotatable bonds is 4. The number of hydrazine groups is 1. The molecule has 0 bridgehead atoms. The number of carbonyl (C=O) groups is 1. The maximum Gasteiger partial charge on any atom is 0.275 e. The lowest BCUT2D eigenvalue weighted by Gasteiger charge is -2.08. The lowest BCUT2D eigenvalue weighted by Crippen LogP contribution is -2.29. The van der Waals surface area contributed by atoms with Crippen LogP contribution in [-0.4, -0.2) is 10.9 Å². The molecule has 26 heavy (non-hydrogen) atoms. The zero-order valence-electron chi connectivity index (χ0n) is 13.8. The molecule has 0 saturated carbocycles. The number of nitrogens with zero attached hydrogens (tertiary/aromatic N) is 1. The Balaban J connectivity index is 1.63. The number of hydrogen-bond donors (Lipinski definition) is 3. The Morgan fingerprint density at radius 1 is 0.962 bits per heavy atom. The number of thiophene rings is 1. The van der Waals surface area contributed by atoms with Gasteiger partial charge in [0.05, 0.1) is 21.5 Å². The molecular weight excluding hydrogens is 344 g/mol. The van der Waals surface area contributed by atoms with Gasteiger partial charge in [0.2, 0.25) is 0 Å². The Hall–Kier alpha value is -3.22. The van der Waals surface area contributed by atoms with Crippen LogP contribution in [0.25, 0.3) is 21.2 Å². The number of benzene rings is 2. The highest BCUT2D eigenvalue weighted by Gasteiger charge is 2.12. The number of fused-ring (bicyclic) bond motifs is 1. The van der Waals surface area contributed by atoms with E-state index in [2.05, 4.69) is 40.0 Å². The number of nitrogen functional groups attached to an aromatic ring is 1. The Bertz CT molecular complexity index is 1060. The number of carbonyl (C=O) groups excluding carboxylic acids is 1. The molecule has 6 heteroatoms. The first-order valence-corrected chi connectivity index (χ1v) is 8.87. The normalized spacial score (nSPS) is 10.7. The number of hydrogen-bond acceptors (Lipinski definition) is 5. The maximum atomic E-state index is 11.8. The van der Waals surface area contributed by atoms with Crippen molar-refractivity contribution in [3.8, 4) is 11.1 Å². The smallest absolute Gasteiger partial charge is 0.275 e. The van der Waals surface area contributed by atoms with Crippen LogP contribution in [0.2, 0.25) is 0 Å². The first-order valence-electron chi connectivity index (χ1n) is 8.05. The number of nitrogens with one attached hydrogen (secondary N) is 2. The molecular formula is C20H16N4OS. The van der Waals surface area contributed by atoms with Gasteiger partial charge in [-0.3, -0.25) is 15.2 Å². The van der Waals surface area contributed by atoms with E-state index in [0.717, 1.165) is 27.0 Å². The molecule has 4 aromatic rings. The average molecular weight is 360 g/mol. The standard InChI is InChI=1S/C20H16N4OS/c21-24-20(25)18-10-16-17(11-22-12-19(16)26-18)23-15-8-6-14(7-9-15)13-4-2-1-3-5-13/h1-12,23H,21H2,(H,24,25). The molecule has 128 valence electrons. The fraction of sp³-hybridized carbons (Fsp3) is 0. The Morgan fingerprint density at radius 3 is 2.42 bits per heavy atom. The molecule has 0 radical (unpaired) electrons. The summed E-state index contributed by atoms with van der Waals surface area (Å²) in [6.07, 6.45) is 3.50. The molecule has 4 N–H and O–H groups in total. The molecule has 1 amide bonds. The number of nitrogens with two attached hydrogens (primary N) is 1. The predicted octanol–water partition coefficient (Wildman–Crippen LogP) is 4.31. The molecule has 0 atom stereocenters. The third-order valence-corrected chi connectivity index (χ3v) is 5.14. The lowest BCUT2D eigenvalue weighted by molar-refractivity contribution is 0.0958. The SMILES string of the molecule is NNC(=O)c1cc2c(Nc3ccc(-c4ccccc4)cc3)cncc2s1. The molecule has 0 saturated heterocycles. The largest absolute Gasteiger partial charge is 0.354 e. The Morgan fingerprint density at radius 2 is 1.69 bits per heavy atom. The van der Waals surface area contributed by atoms with Gasteiger partial charge >= 0.3 is 0 Å². The molecule has 0 aliphatic heterocycles. The van der Waals surface area contributed by atoms with E-state index < -0.39 is 0 Å². The highest BCUT2D eigenvalue weighted by atomic mass is 32.1. The summed E-state index contributed by atoms with van der Waals surface area (Å²) in [5.41, 5.74) is 6.30. The van der Waals surface area contributed by atoms with Crippen LogP contribution in [0.3, 0.4) is 0 Å². The van der Waals surface area contributed by atoms with Gasteiger partial charge in [-0.05, 0) is 29.3 Å². The van der Waals surface area contributed by atoms with Crippen molar-refractivity contribution < 1.29 is 4.79 Å². The minimum atomic E-state index is -0.302. The quantitative estimate of drug-likeness (QED) is 0.288. The summed E-state index contributed by atoms with van der Waals surface area (Å²) in [6, 6.07) is 20.3. The van der Waals surface area contributed by atoms with Crippen molar-refractivity contribution in [3.63, 3.8) is 0 Å². The van der Waals surface area contributed by atoms with Crippen LogP contribution in [0, 0.1) is 0 Å². The second-order valence-corrected chi connectivity index (χ2v) is 6.84. The van der Waals surface area contributed by atoms with Gasteiger partial charge in [-0.25, -0.2) is 5.84 Å². The number of amides is 1. The highest BCUT2D eigenvalue weighted by molar-refractivity contribution is 7.20. The predicted molar refractivity (Wildman–Crippen MR) is 106 cm³/mol. The molecule has 0 spiro atoms. The van der Waals surface area contributed by atoms with Gasteiger partial charge < -0.3 is 5.32 Å². The molecule has 2 aromatic heterocycles. The second kappa shape index (κ2) is 6.95. The van der Waals surface area contributed by atoms with E-state index in [1.165, 1.54) is 16.9 Å². The molecule has 2 aromatic carbocycles. The monoisotopic (exact) mass is 360 g/mol. The van der Waals surface area contributed by atoms with Crippen molar-refractivity contribution in [1.82, 2.24) is 10.4 Å². The molecule has 0 aliphatic rings. The zero-order chi connectivity index (χ0) is 17.9. The van der Waals surface area contributed by atoms with Crippen molar-refractivity contribution in [1.29, 1.82) is 0 Å². The van der Waals surface area contributed by atoms with Crippen LogP contribution in [0.15, 0.2) is 73.1 Å². The van der Waals surface area contributed by atoms with Crippen molar-refractivity contribution in [3.05, 3.63) is 77.9 Å². The Labute approximate surface area is 154 Å². The van der Waals surface area contributed by atoms with Crippen LogP contribution in [-0.2, 0) is 0 Å². The summed E-state index contributed by atoms with van der Waals surface area (Å²) in [5, 5.41) is 4.32. The van der Waals surface area contributed by atoms with Gasteiger partial charge in [0, 0.05) is 17.3 Å². The van der Waals surface area contributed by atoms with E-state index in [4.69, 9.17) is 5.84 Å². The van der Waals surface area contributed by atoms with Crippen LogP contribution in [0.4, 0.5) is 11.4 Å². The third-order valence-electron chi connectivity index (χ3n) is 4.07. The molecule has 0 unspecified atom stereocenters. The summed E-state index contributed by atoms with van der Waals surface area (Å²) in [7, 11) is 0. The van der Waals surface area contributed by atoms with E-state index in [9.17, 15) is 4.79 Å². The van der Waals surface area contributed by atoms with Gasteiger partial charge in [0.1, 0.15) is 0 Å².